The number of rotatable bonds is 11. The fraction of sp³-hybridized carbons (Fsp3) is 0.235. The highest BCUT2D eigenvalue weighted by molar-refractivity contribution is 6.02. The molecule has 0 bridgehead atoms. The van der Waals surface area contributed by atoms with E-state index in [0.717, 1.165) is 56.0 Å². The van der Waals surface area contributed by atoms with E-state index in [-0.39, 0.29) is 17.1 Å². The first-order chi connectivity index (χ1) is 22.9. The monoisotopic (exact) mass is 643 g/mol. The van der Waals surface area contributed by atoms with Crippen LogP contribution in [0.3, 0.4) is 0 Å². The number of carbonyl (C=O) groups excluding carboxylic acids is 1. The molecule has 1 amide bonds. The van der Waals surface area contributed by atoms with Crippen molar-refractivity contribution in [1.29, 1.82) is 0 Å². The number of carbonyl (C=O) groups is 1. The smallest absolute Gasteiger partial charge is 0.286 e. The zero-order chi connectivity index (χ0) is 32.8. The molecular formula is C34H31F2N5O6. The van der Waals surface area contributed by atoms with Gasteiger partial charge in [0.1, 0.15) is 11.6 Å². The first kappa shape index (κ1) is 31.6. The molecule has 1 fully saturated rings. The van der Waals surface area contributed by atoms with E-state index in [2.05, 4.69) is 20.2 Å². The van der Waals surface area contributed by atoms with Crippen LogP contribution < -0.4 is 25.1 Å². The predicted molar refractivity (Wildman–Crippen MR) is 170 cm³/mol. The zero-order valence-corrected chi connectivity index (χ0v) is 25.4. The standard InChI is InChI=1S/C34H31F2N5O6/c1-44-30-20-25-27(21-31(30)46-15-3-11-40-13-16-45-17-14-40)37-9-8-28(25)47-29-7-6-23(19-26(29)36)39-33(42)32-34(43)41(12-10-38-32)24-5-2-4-22(35)18-24/h2,4-10,12,18-21H,3,11,13-17H2,1H3,(H,39,42). The van der Waals surface area contributed by atoms with Gasteiger partial charge in [0.25, 0.3) is 11.5 Å². The molecule has 1 saturated heterocycles. The summed E-state index contributed by atoms with van der Waals surface area (Å²) >= 11 is 0. The van der Waals surface area contributed by atoms with Crippen LogP contribution >= 0.6 is 0 Å². The van der Waals surface area contributed by atoms with E-state index in [1.807, 2.05) is 0 Å². The first-order valence-corrected chi connectivity index (χ1v) is 14.9. The average Bonchev–Trinajstić information content (AvgIpc) is 3.08. The lowest BCUT2D eigenvalue weighted by molar-refractivity contribution is 0.0357. The maximum atomic E-state index is 15.2. The Labute approximate surface area is 268 Å². The van der Waals surface area contributed by atoms with Gasteiger partial charge in [-0.1, -0.05) is 6.07 Å². The number of fused-ring (bicyclic) bond motifs is 1. The van der Waals surface area contributed by atoms with Crippen LogP contribution in [-0.2, 0) is 4.74 Å². The Morgan fingerprint density at radius 2 is 1.81 bits per heavy atom. The largest absolute Gasteiger partial charge is 0.493 e. The third-order valence-corrected chi connectivity index (χ3v) is 7.52. The zero-order valence-electron chi connectivity index (χ0n) is 25.4. The molecule has 0 saturated carbocycles. The number of anilines is 1. The summed E-state index contributed by atoms with van der Waals surface area (Å²) in [5.41, 5.74) is -0.356. The maximum absolute atomic E-state index is 15.2. The molecule has 2 aromatic heterocycles. The number of pyridine rings is 1. The van der Waals surface area contributed by atoms with Crippen LogP contribution in [0.1, 0.15) is 16.9 Å². The van der Waals surface area contributed by atoms with E-state index in [1.165, 1.54) is 49.8 Å². The summed E-state index contributed by atoms with van der Waals surface area (Å²) in [7, 11) is 1.53. The van der Waals surface area contributed by atoms with Crippen LogP contribution in [0, 0.1) is 11.6 Å². The van der Waals surface area contributed by atoms with E-state index in [1.54, 1.807) is 24.4 Å². The fourth-order valence-electron chi connectivity index (χ4n) is 5.15. The van der Waals surface area contributed by atoms with Gasteiger partial charge in [0, 0.05) is 61.4 Å². The Bertz CT molecular complexity index is 1960. The molecule has 0 spiro atoms. The third-order valence-electron chi connectivity index (χ3n) is 7.52. The number of halogens is 2. The number of ether oxygens (including phenoxy) is 4. The topological polar surface area (TPSA) is 117 Å². The Hall–Kier alpha value is -5.40. The molecule has 0 radical (unpaired) electrons. The first-order valence-electron chi connectivity index (χ1n) is 14.9. The normalized spacial score (nSPS) is 13.3. The summed E-state index contributed by atoms with van der Waals surface area (Å²) in [6.45, 7) is 4.72. The number of nitrogens with zero attached hydrogens (tertiary/aromatic N) is 4. The minimum Gasteiger partial charge on any atom is -0.493 e. The molecule has 3 aromatic carbocycles. The van der Waals surface area contributed by atoms with E-state index in [4.69, 9.17) is 18.9 Å². The summed E-state index contributed by atoms with van der Waals surface area (Å²) < 4.78 is 52.9. The Morgan fingerprint density at radius 3 is 2.60 bits per heavy atom. The van der Waals surface area contributed by atoms with Crippen molar-refractivity contribution in [3.05, 3.63) is 107 Å². The highest BCUT2D eigenvalue weighted by atomic mass is 19.1. The van der Waals surface area contributed by atoms with Gasteiger partial charge >= 0.3 is 0 Å². The van der Waals surface area contributed by atoms with Gasteiger partial charge in [0.2, 0.25) is 0 Å². The van der Waals surface area contributed by atoms with Crippen LogP contribution in [-0.4, -0.2) is 71.9 Å². The highest BCUT2D eigenvalue weighted by Crippen LogP contribution is 2.38. The number of hydrogen-bond donors (Lipinski definition) is 1. The van der Waals surface area contributed by atoms with E-state index >= 15 is 4.39 Å². The van der Waals surface area contributed by atoms with Gasteiger partial charge in [0.05, 0.1) is 38.1 Å². The van der Waals surface area contributed by atoms with Crippen molar-refractivity contribution in [1.82, 2.24) is 19.4 Å². The molecule has 0 atom stereocenters. The Balaban J connectivity index is 1.15. The summed E-state index contributed by atoms with van der Waals surface area (Å²) in [6, 6.07) is 14.3. The Kier molecular flexibility index (Phi) is 9.64. The number of benzene rings is 3. The summed E-state index contributed by atoms with van der Waals surface area (Å²) in [5.74, 6) is -0.935. The van der Waals surface area contributed by atoms with Crippen molar-refractivity contribution in [2.75, 3.05) is 51.9 Å². The molecule has 1 N–H and O–H groups in total. The number of nitrogens with one attached hydrogen (secondary N) is 1. The van der Waals surface area contributed by atoms with Crippen molar-refractivity contribution in [3.8, 4) is 28.7 Å². The van der Waals surface area contributed by atoms with Crippen LogP contribution in [0.2, 0.25) is 0 Å². The molecule has 3 heterocycles. The predicted octanol–water partition coefficient (Wildman–Crippen LogP) is 5.21. The highest BCUT2D eigenvalue weighted by Gasteiger charge is 2.18. The van der Waals surface area contributed by atoms with Crippen molar-refractivity contribution < 1.29 is 32.5 Å². The van der Waals surface area contributed by atoms with Crippen molar-refractivity contribution >= 4 is 22.5 Å². The van der Waals surface area contributed by atoms with Crippen LogP contribution in [0.25, 0.3) is 16.6 Å². The second-order valence-corrected chi connectivity index (χ2v) is 10.6. The summed E-state index contributed by atoms with van der Waals surface area (Å²) in [4.78, 5) is 36.5. The summed E-state index contributed by atoms with van der Waals surface area (Å²) in [5, 5.41) is 3.05. The second-order valence-electron chi connectivity index (χ2n) is 10.6. The molecule has 0 unspecified atom stereocenters. The summed E-state index contributed by atoms with van der Waals surface area (Å²) in [6.07, 6.45) is 4.94. The van der Waals surface area contributed by atoms with Crippen LogP contribution in [0.5, 0.6) is 23.0 Å². The molecule has 1 aliphatic heterocycles. The minimum atomic E-state index is -0.861. The molecule has 47 heavy (non-hydrogen) atoms. The van der Waals surface area contributed by atoms with E-state index in [9.17, 15) is 14.0 Å². The number of methoxy groups -OCH3 is 1. The quantitative estimate of drug-likeness (QED) is 0.194. The van der Waals surface area contributed by atoms with Gasteiger partial charge in [-0.2, -0.15) is 0 Å². The molecule has 11 nitrogen and oxygen atoms in total. The average molecular weight is 644 g/mol. The molecule has 242 valence electrons. The molecule has 0 aliphatic carbocycles. The Morgan fingerprint density at radius 1 is 0.957 bits per heavy atom. The number of amides is 1. The molecule has 6 rings (SSSR count). The molecule has 1 aliphatic rings. The molecule has 5 aromatic rings. The minimum absolute atomic E-state index is 0.0684. The lowest BCUT2D eigenvalue weighted by Gasteiger charge is -2.26. The van der Waals surface area contributed by atoms with Crippen molar-refractivity contribution in [3.63, 3.8) is 0 Å². The van der Waals surface area contributed by atoms with Gasteiger partial charge in [-0.15, -0.1) is 0 Å². The maximum Gasteiger partial charge on any atom is 0.286 e. The third kappa shape index (κ3) is 7.37. The van der Waals surface area contributed by atoms with E-state index < -0.39 is 28.8 Å². The number of hydrogen-bond acceptors (Lipinski definition) is 9. The molecule has 13 heteroatoms. The lowest BCUT2D eigenvalue weighted by atomic mass is 10.1. The lowest BCUT2D eigenvalue weighted by Crippen LogP contribution is -2.37. The van der Waals surface area contributed by atoms with Crippen LogP contribution in [0.15, 0.2) is 84.0 Å². The SMILES string of the molecule is COc1cc2c(Oc3ccc(NC(=O)c4nccn(-c5cccc(F)c5)c4=O)cc3F)ccnc2cc1OCCCN1CCOCC1. The number of aromatic nitrogens is 3. The van der Waals surface area contributed by atoms with Gasteiger partial charge < -0.3 is 24.3 Å². The van der Waals surface area contributed by atoms with Crippen molar-refractivity contribution in [2.24, 2.45) is 0 Å². The van der Waals surface area contributed by atoms with Gasteiger partial charge in [-0.25, -0.2) is 13.8 Å². The van der Waals surface area contributed by atoms with Crippen molar-refractivity contribution in [2.45, 2.75) is 6.42 Å². The van der Waals surface area contributed by atoms with Gasteiger partial charge in [-0.3, -0.25) is 24.0 Å². The second kappa shape index (κ2) is 14.4. The van der Waals surface area contributed by atoms with Gasteiger partial charge in [0.15, 0.2) is 28.8 Å². The number of morpholine rings is 1. The van der Waals surface area contributed by atoms with Gasteiger partial charge in [-0.05, 0) is 48.9 Å². The van der Waals surface area contributed by atoms with Crippen LogP contribution in [0.4, 0.5) is 14.5 Å². The molecular weight excluding hydrogens is 612 g/mol. The van der Waals surface area contributed by atoms with E-state index in [0.29, 0.717) is 34.8 Å². The fourth-order valence-corrected chi connectivity index (χ4v) is 5.15.